The molecule has 138 valence electrons. The minimum absolute atomic E-state index is 0.149. The third kappa shape index (κ3) is 4.84. The summed E-state index contributed by atoms with van der Waals surface area (Å²) in [6.45, 7) is 4.31. The van der Waals surface area contributed by atoms with E-state index in [2.05, 4.69) is 10.6 Å². The summed E-state index contributed by atoms with van der Waals surface area (Å²) in [6, 6.07) is 10.7. The van der Waals surface area contributed by atoms with Crippen molar-refractivity contribution >= 4 is 17.5 Å². The monoisotopic (exact) mass is 364 g/mol. The summed E-state index contributed by atoms with van der Waals surface area (Å²) in [5.74, 6) is -1.10. The number of rotatable bonds is 5. The van der Waals surface area contributed by atoms with Crippen LogP contribution < -0.4 is 10.6 Å². The fraction of sp³-hybridized carbons (Fsp3) is 0.263. The average Bonchev–Trinajstić information content (AvgIpc) is 2.59. The Morgan fingerprint density at radius 3 is 2.12 bits per heavy atom. The third-order valence-electron chi connectivity index (χ3n) is 3.57. The molecule has 0 aliphatic rings. The number of carbonyl (C=O) groups is 2. The molecule has 7 heteroatoms. The molecule has 0 fully saturated rings. The van der Waals surface area contributed by atoms with Crippen LogP contribution in [0.3, 0.4) is 0 Å². The first kappa shape index (κ1) is 19.5. The van der Waals surface area contributed by atoms with E-state index in [4.69, 9.17) is 0 Å². The highest BCUT2D eigenvalue weighted by atomic mass is 19.4. The van der Waals surface area contributed by atoms with Crippen LogP contribution in [0.2, 0.25) is 0 Å². The second kappa shape index (κ2) is 8.03. The van der Waals surface area contributed by atoms with Crippen LogP contribution in [-0.4, -0.2) is 18.4 Å². The van der Waals surface area contributed by atoms with E-state index in [0.717, 1.165) is 12.1 Å². The number of halogens is 3. The molecule has 0 unspecified atom stereocenters. The molecule has 0 aliphatic carbocycles. The van der Waals surface area contributed by atoms with Gasteiger partial charge in [0.2, 0.25) is 0 Å². The first-order valence-corrected chi connectivity index (χ1v) is 8.05. The van der Waals surface area contributed by atoms with E-state index < -0.39 is 29.1 Å². The van der Waals surface area contributed by atoms with Crippen LogP contribution >= 0.6 is 0 Å². The van der Waals surface area contributed by atoms with E-state index in [1.54, 1.807) is 12.1 Å². The predicted octanol–water partition coefficient (Wildman–Crippen LogP) is 4.34. The summed E-state index contributed by atoms with van der Waals surface area (Å²) in [5, 5.41) is 5.13. The highest BCUT2D eigenvalue weighted by Gasteiger charge is 2.35. The maximum atomic E-state index is 13.1. The Morgan fingerprint density at radius 1 is 0.923 bits per heavy atom. The summed E-state index contributed by atoms with van der Waals surface area (Å²) >= 11 is 0. The van der Waals surface area contributed by atoms with E-state index in [0.29, 0.717) is 6.54 Å². The quantitative estimate of drug-likeness (QED) is 0.829. The molecule has 4 nitrogen and oxygen atoms in total. The molecule has 2 rings (SSSR count). The lowest BCUT2D eigenvalue weighted by Crippen LogP contribution is -2.28. The Bertz CT molecular complexity index is 801. The van der Waals surface area contributed by atoms with Crippen LogP contribution in [0.25, 0.3) is 0 Å². The second-order valence-electron chi connectivity index (χ2n) is 6.15. The van der Waals surface area contributed by atoms with Gasteiger partial charge in [-0.3, -0.25) is 9.59 Å². The standard InChI is InChI=1S/C19H19F3N2O2/c1-12(2)11-23-17(25)14-8-4-6-10-16(14)24-18(26)13-7-3-5-9-15(13)19(20,21)22/h3-10,12H,11H2,1-2H3,(H,23,25)(H,24,26). The fourth-order valence-corrected chi connectivity index (χ4v) is 2.30. The van der Waals surface area contributed by atoms with Crippen molar-refractivity contribution in [2.45, 2.75) is 20.0 Å². The van der Waals surface area contributed by atoms with Gasteiger partial charge in [-0.15, -0.1) is 0 Å². The van der Waals surface area contributed by atoms with Gasteiger partial charge >= 0.3 is 6.18 Å². The van der Waals surface area contributed by atoms with Crippen molar-refractivity contribution in [2.75, 3.05) is 11.9 Å². The van der Waals surface area contributed by atoms with Gasteiger partial charge in [-0.1, -0.05) is 38.1 Å². The predicted molar refractivity (Wildman–Crippen MR) is 93.0 cm³/mol. The number of anilines is 1. The van der Waals surface area contributed by atoms with Crippen molar-refractivity contribution in [3.63, 3.8) is 0 Å². The lowest BCUT2D eigenvalue weighted by molar-refractivity contribution is -0.137. The first-order chi connectivity index (χ1) is 12.2. The van der Waals surface area contributed by atoms with E-state index in [1.807, 2.05) is 13.8 Å². The molecule has 0 spiro atoms. The molecule has 2 amide bonds. The van der Waals surface area contributed by atoms with Crippen molar-refractivity contribution in [3.05, 3.63) is 65.2 Å². The van der Waals surface area contributed by atoms with E-state index in [9.17, 15) is 22.8 Å². The lowest BCUT2D eigenvalue weighted by Gasteiger charge is -2.15. The Balaban J connectivity index is 2.27. The number of hydrogen-bond donors (Lipinski definition) is 2. The summed E-state index contributed by atoms with van der Waals surface area (Å²) in [4.78, 5) is 24.7. The van der Waals surface area contributed by atoms with Gasteiger partial charge in [-0.25, -0.2) is 0 Å². The Morgan fingerprint density at radius 2 is 1.50 bits per heavy atom. The van der Waals surface area contributed by atoms with Crippen molar-refractivity contribution in [1.82, 2.24) is 5.32 Å². The normalized spacial score (nSPS) is 11.3. The molecule has 0 saturated heterocycles. The number of amides is 2. The zero-order valence-electron chi connectivity index (χ0n) is 14.4. The molecular formula is C19H19F3N2O2. The molecule has 0 radical (unpaired) electrons. The molecule has 0 saturated carbocycles. The van der Waals surface area contributed by atoms with E-state index >= 15 is 0 Å². The van der Waals surface area contributed by atoms with Gasteiger partial charge in [0.1, 0.15) is 0 Å². The molecule has 2 aromatic rings. The summed E-state index contributed by atoms with van der Waals surface area (Å²) in [7, 11) is 0. The van der Waals surface area contributed by atoms with Gasteiger partial charge in [0.05, 0.1) is 22.4 Å². The maximum Gasteiger partial charge on any atom is 0.417 e. The number of para-hydroxylation sites is 1. The molecule has 0 heterocycles. The van der Waals surface area contributed by atoms with Crippen LogP contribution in [0.1, 0.15) is 40.1 Å². The number of nitrogens with one attached hydrogen (secondary N) is 2. The zero-order chi connectivity index (χ0) is 19.3. The number of benzene rings is 2. The van der Waals surface area contributed by atoms with E-state index in [1.165, 1.54) is 24.3 Å². The number of carbonyl (C=O) groups excluding carboxylic acids is 2. The van der Waals surface area contributed by atoms with Crippen molar-refractivity contribution < 1.29 is 22.8 Å². The summed E-state index contributed by atoms with van der Waals surface area (Å²) in [5.41, 5.74) is -1.20. The van der Waals surface area contributed by atoms with Crippen molar-refractivity contribution in [3.8, 4) is 0 Å². The van der Waals surface area contributed by atoms with Gasteiger partial charge in [-0.2, -0.15) is 13.2 Å². The third-order valence-corrected chi connectivity index (χ3v) is 3.57. The fourth-order valence-electron chi connectivity index (χ4n) is 2.30. The van der Waals surface area contributed by atoms with Crippen LogP contribution in [0.15, 0.2) is 48.5 Å². The molecular weight excluding hydrogens is 345 g/mol. The van der Waals surface area contributed by atoms with Gasteiger partial charge < -0.3 is 10.6 Å². The Labute approximate surface area is 149 Å². The van der Waals surface area contributed by atoms with Crippen LogP contribution in [0.5, 0.6) is 0 Å². The van der Waals surface area contributed by atoms with Crippen molar-refractivity contribution in [2.24, 2.45) is 5.92 Å². The molecule has 26 heavy (non-hydrogen) atoms. The maximum absolute atomic E-state index is 13.1. The van der Waals surface area contributed by atoms with Gasteiger partial charge in [-0.05, 0) is 30.2 Å². The Hall–Kier alpha value is -2.83. The lowest BCUT2D eigenvalue weighted by atomic mass is 10.1. The molecule has 0 atom stereocenters. The largest absolute Gasteiger partial charge is 0.417 e. The van der Waals surface area contributed by atoms with Gasteiger partial charge in [0.25, 0.3) is 11.8 Å². The first-order valence-electron chi connectivity index (χ1n) is 8.05. The molecule has 0 aliphatic heterocycles. The summed E-state index contributed by atoms with van der Waals surface area (Å²) < 4.78 is 39.3. The molecule has 2 N–H and O–H groups in total. The SMILES string of the molecule is CC(C)CNC(=O)c1ccccc1NC(=O)c1ccccc1C(F)(F)F. The van der Waals surface area contributed by atoms with Gasteiger partial charge in [0.15, 0.2) is 0 Å². The van der Waals surface area contributed by atoms with Crippen molar-refractivity contribution in [1.29, 1.82) is 0 Å². The van der Waals surface area contributed by atoms with E-state index in [-0.39, 0.29) is 17.2 Å². The molecule has 0 bridgehead atoms. The highest BCUT2D eigenvalue weighted by Crippen LogP contribution is 2.32. The Kier molecular flexibility index (Phi) is 6.02. The summed E-state index contributed by atoms with van der Waals surface area (Å²) in [6.07, 6.45) is -4.65. The number of alkyl halides is 3. The minimum atomic E-state index is -4.65. The van der Waals surface area contributed by atoms with Crippen LogP contribution in [0.4, 0.5) is 18.9 Å². The van der Waals surface area contributed by atoms with Crippen LogP contribution in [-0.2, 0) is 6.18 Å². The highest BCUT2D eigenvalue weighted by molar-refractivity contribution is 6.09. The smallest absolute Gasteiger partial charge is 0.352 e. The topological polar surface area (TPSA) is 58.2 Å². The molecule has 0 aromatic heterocycles. The zero-order valence-corrected chi connectivity index (χ0v) is 14.4. The average molecular weight is 364 g/mol. The molecule has 2 aromatic carbocycles. The minimum Gasteiger partial charge on any atom is -0.352 e. The van der Waals surface area contributed by atoms with Crippen LogP contribution in [0, 0.1) is 5.92 Å². The van der Waals surface area contributed by atoms with Gasteiger partial charge in [0, 0.05) is 6.54 Å². The number of hydrogen-bond acceptors (Lipinski definition) is 2. The second-order valence-corrected chi connectivity index (χ2v) is 6.15.